The average Bonchev–Trinajstić information content (AvgIpc) is 2.79. The van der Waals surface area contributed by atoms with Gasteiger partial charge < -0.3 is 4.42 Å². The summed E-state index contributed by atoms with van der Waals surface area (Å²) in [7, 11) is 0. The van der Waals surface area contributed by atoms with Gasteiger partial charge in [0.05, 0.1) is 17.0 Å². The van der Waals surface area contributed by atoms with Gasteiger partial charge in [0.1, 0.15) is 6.26 Å². The zero-order valence-corrected chi connectivity index (χ0v) is 9.79. The van der Waals surface area contributed by atoms with Crippen LogP contribution in [0.15, 0.2) is 46.4 Å². The van der Waals surface area contributed by atoms with Crippen molar-refractivity contribution in [2.24, 2.45) is 0 Å². The number of hydrogen-bond acceptors (Lipinski definition) is 4. The number of thioether (sulfide) groups is 1. The third-order valence-electron chi connectivity index (χ3n) is 1.91. The number of benzene rings is 1. The predicted molar refractivity (Wildman–Crippen MR) is 63.0 cm³/mol. The first-order valence-electron chi connectivity index (χ1n) is 4.57. The summed E-state index contributed by atoms with van der Waals surface area (Å²) in [6.45, 7) is 0. The van der Waals surface area contributed by atoms with Crippen molar-refractivity contribution in [2.75, 3.05) is 5.75 Å². The number of Topliss-reactive ketones (excluding diaryl/α,β-unsaturated/α-hetero) is 1. The predicted octanol–water partition coefficient (Wildman–Crippen LogP) is 3.30. The van der Waals surface area contributed by atoms with Crippen LogP contribution in [0.4, 0.5) is 0 Å². The summed E-state index contributed by atoms with van der Waals surface area (Å²) < 4.78 is 5.02. The number of ketones is 1. The second-order valence-electron chi connectivity index (χ2n) is 2.99. The van der Waals surface area contributed by atoms with Crippen LogP contribution in [-0.4, -0.2) is 16.5 Å². The van der Waals surface area contributed by atoms with Crippen LogP contribution in [0.25, 0.3) is 0 Å². The van der Waals surface area contributed by atoms with E-state index >= 15 is 0 Å². The summed E-state index contributed by atoms with van der Waals surface area (Å²) in [4.78, 5) is 15.7. The highest BCUT2D eigenvalue weighted by molar-refractivity contribution is 7.99. The summed E-state index contributed by atoms with van der Waals surface area (Å²) >= 11 is 7.16. The van der Waals surface area contributed by atoms with Gasteiger partial charge in [0.2, 0.25) is 0 Å². The van der Waals surface area contributed by atoms with E-state index in [-0.39, 0.29) is 11.5 Å². The van der Waals surface area contributed by atoms with E-state index in [1.54, 1.807) is 30.5 Å². The maximum Gasteiger partial charge on any atom is 0.255 e. The maximum absolute atomic E-state index is 11.8. The van der Waals surface area contributed by atoms with Gasteiger partial charge in [-0.1, -0.05) is 35.5 Å². The second-order valence-corrected chi connectivity index (χ2v) is 4.32. The van der Waals surface area contributed by atoms with Gasteiger partial charge >= 0.3 is 0 Å². The number of rotatable bonds is 4. The second kappa shape index (κ2) is 5.18. The van der Waals surface area contributed by atoms with Crippen molar-refractivity contribution in [3.05, 3.63) is 47.3 Å². The molecule has 0 aliphatic rings. The first-order valence-corrected chi connectivity index (χ1v) is 5.94. The Morgan fingerprint density at radius 2 is 2.25 bits per heavy atom. The van der Waals surface area contributed by atoms with Gasteiger partial charge in [-0.25, -0.2) is 4.98 Å². The van der Waals surface area contributed by atoms with E-state index in [0.29, 0.717) is 15.8 Å². The summed E-state index contributed by atoms with van der Waals surface area (Å²) in [5.74, 6) is 0.235. The van der Waals surface area contributed by atoms with Crippen molar-refractivity contribution < 1.29 is 9.21 Å². The van der Waals surface area contributed by atoms with Crippen molar-refractivity contribution in [1.82, 2.24) is 4.98 Å². The third-order valence-corrected chi connectivity index (χ3v) is 3.10. The van der Waals surface area contributed by atoms with Crippen LogP contribution in [0.2, 0.25) is 5.02 Å². The molecule has 5 heteroatoms. The molecule has 0 aliphatic heterocycles. The first-order chi connectivity index (χ1) is 7.77. The maximum atomic E-state index is 11.8. The SMILES string of the molecule is O=C(CSc1ncco1)c1ccccc1Cl. The highest BCUT2D eigenvalue weighted by Gasteiger charge is 2.11. The zero-order valence-electron chi connectivity index (χ0n) is 8.22. The molecule has 16 heavy (non-hydrogen) atoms. The van der Waals surface area contributed by atoms with Gasteiger partial charge in [-0.15, -0.1) is 0 Å². The first kappa shape index (κ1) is 11.2. The molecule has 0 amide bonds. The van der Waals surface area contributed by atoms with Crippen molar-refractivity contribution in [1.29, 1.82) is 0 Å². The number of hydrogen-bond donors (Lipinski definition) is 0. The van der Waals surface area contributed by atoms with Gasteiger partial charge in [0, 0.05) is 5.56 Å². The molecule has 0 N–H and O–H groups in total. The van der Waals surface area contributed by atoms with Gasteiger partial charge in [-0.05, 0) is 12.1 Å². The molecule has 1 aromatic heterocycles. The Hall–Kier alpha value is -1.26. The monoisotopic (exact) mass is 253 g/mol. The van der Waals surface area contributed by atoms with Gasteiger partial charge in [0.15, 0.2) is 5.78 Å². The van der Waals surface area contributed by atoms with Crippen molar-refractivity contribution in [3.63, 3.8) is 0 Å². The Kier molecular flexibility index (Phi) is 3.64. The molecule has 0 aliphatic carbocycles. The Morgan fingerprint density at radius 1 is 1.44 bits per heavy atom. The molecule has 82 valence electrons. The van der Waals surface area contributed by atoms with Crippen molar-refractivity contribution in [3.8, 4) is 0 Å². The number of oxazole rings is 1. The Balaban J connectivity index is 2.01. The van der Waals surface area contributed by atoms with Crippen LogP contribution in [0.1, 0.15) is 10.4 Å². The summed E-state index contributed by atoms with van der Waals surface area (Å²) in [5.41, 5.74) is 0.531. The van der Waals surface area contributed by atoms with E-state index < -0.39 is 0 Å². The minimum Gasteiger partial charge on any atom is -0.440 e. The average molecular weight is 254 g/mol. The molecule has 2 rings (SSSR count). The molecule has 2 aromatic rings. The number of aromatic nitrogens is 1. The topological polar surface area (TPSA) is 43.1 Å². The molecule has 3 nitrogen and oxygen atoms in total. The van der Waals surface area contributed by atoms with E-state index in [1.165, 1.54) is 18.0 Å². The number of halogens is 1. The highest BCUT2D eigenvalue weighted by Crippen LogP contribution is 2.20. The molecule has 0 spiro atoms. The van der Waals surface area contributed by atoms with Crippen LogP contribution in [0.5, 0.6) is 0 Å². The number of carbonyl (C=O) groups is 1. The lowest BCUT2D eigenvalue weighted by Gasteiger charge is -2.01. The van der Waals surface area contributed by atoms with Gasteiger partial charge in [0.25, 0.3) is 5.22 Å². The van der Waals surface area contributed by atoms with Crippen LogP contribution in [0.3, 0.4) is 0 Å². The lowest BCUT2D eigenvalue weighted by atomic mass is 10.1. The fourth-order valence-electron chi connectivity index (χ4n) is 1.17. The lowest BCUT2D eigenvalue weighted by Crippen LogP contribution is -2.02. The molecule has 1 aromatic carbocycles. The standard InChI is InChI=1S/C11H8ClNO2S/c12-9-4-2-1-3-8(9)10(14)7-16-11-13-5-6-15-11/h1-6H,7H2. The molecule has 0 radical (unpaired) electrons. The molecule has 0 fully saturated rings. The highest BCUT2D eigenvalue weighted by atomic mass is 35.5. The summed E-state index contributed by atoms with van der Waals surface area (Å²) in [5, 5.41) is 0.959. The molecule has 1 heterocycles. The summed E-state index contributed by atoms with van der Waals surface area (Å²) in [6.07, 6.45) is 3.02. The normalized spacial score (nSPS) is 10.3. The van der Waals surface area contributed by atoms with E-state index in [4.69, 9.17) is 16.0 Å². The van der Waals surface area contributed by atoms with Crippen LogP contribution in [-0.2, 0) is 0 Å². The Morgan fingerprint density at radius 3 is 2.94 bits per heavy atom. The molecule has 0 saturated heterocycles. The van der Waals surface area contributed by atoms with Crippen LogP contribution < -0.4 is 0 Å². The van der Waals surface area contributed by atoms with Crippen molar-refractivity contribution in [2.45, 2.75) is 5.22 Å². The van der Waals surface area contributed by atoms with E-state index in [0.717, 1.165) is 0 Å². The fraction of sp³-hybridized carbons (Fsp3) is 0.0909. The minimum absolute atomic E-state index is 0.0335. The fourth-order valence-corrected chi connectivity index (χ4v) is 2.08. The van der Waals surface area contributed by atoms with Gasteiger partial charge in [-0.2, -0.15) is 0 Å². The lowest BCUT2D eigenvalue weighted by molar-refractivity contribution is 0.102. The van der Waals surface area contributed by atoms with Gasteiger partial charge in [-0.3, -0.25) is 4.79 Å². The molecular formula is C11H8ClNO2S. The summed E-state index contributed by atoms with van der Waals surface area (Å²) in [6, 6.07) is 6.99. The molecule has 0 atom stereocenters. The zero-order chi connectivity index (χ0) is 11.4. The van der Waals surface area contributed by atoms with E-state index in [9.17, 15) is 4.79 Å². The smallest absolute Gasteiger partial charge is 0.255 e. The van der Waals surface area contributed by atoms with Crippen LogP contribution in [0, 0.1) is 0 Å². The number of carbonyl (C=O) groups excluding carboxylic acids is 1. The molecular weight excluding hydrogens is 246 g/mol. The van der Waals surface area contributed by atoms with Crippen LogP contribution >= 0.6 is 23.4 Å². The van der Waals surface area contributed by atoms with E-state index in [2.05, 4.69) is 4.98 Å². The van der Waals surface area contributed by atoms with Crippen molar-refractivity contribution >= 4 is 29.1 Å². The number of nitrogens with zero attached hydrogens (tertiary/aromatic N) is 1. The quantitative estimate of drug-likeness (QED) is 0.619. The molecule has 0 unspecified atom stereocenters. The van der Waals surface area contributed by atoms with E-state index in [1.807, 2.05) is 0 Å². The Labute approximate surface area is 102 Å². The minimum atomic E-state index is -0.0335. The molecule has 0 bridgehead atoms. The largest absolute Gasteiger partial charge is 0.440 e. The Bertz CT molecular complexity index is 484. The third kappa shape index (κ3) is 2.65. The molecule has 0 saturated carbocycles.